The first-order chi connectivity index (χ1) is 12.0. The van der Waals surface area contributed by atoms with Crippen molar-refractivity contribution in [1.82, 2.24) is 0 Å². The minimum absolute atomic E-state index is 0.571. The summed E-state index contributed by atoms with van der Waals surface area (Å²) in [6.45, 7) is 7.78. The summed E-state index contributed by atoms with van der Waals surface area (Å²) in [6, 6.07) is 0. The lowest BCUT2D eigenvalue weighted by Gasteiger charge is -2.61. The maximum Gasteiger partial charge on any atom is 0.0751 e. The number of hydrogen-bond donors (Lipinski definition) is 1. The summed E-state index contributed by atoms with van der Waals surface area (Å²) in [5.41, 5.74) is 1.24. The molecule has 4 rings (SSSR count). The lowest BCUT2D eigenvalue weighted by Crippen LogP contribution is -2.53. The van der Waals surface area contributed by atoms with E-state index in [0.29, 0.717) is 10.8 Å². The van der Waals surface area contributed by atoms with Gasteiger partial charge in [0, 0.05) is 0 Å². The minimum atomic E-state index is 0.571. The van der Waals surface area contributed by atoms with Gasteiger partial charge < -0.3 is 5.11 Å². The van der Waals surface area contributed by atoms with Crippen molar-refractivity contribution in [3.8, 4) is 0 Å². The molecule has 0 radical (unpaired) electrons. The number of rotatable bonds is 3. The summed E-state index contributed by atoms with van der Waals surface area (Å²) < 4.78 is 0. The van der Waals surface area contributed by atoms with Crippen LogP contribution in [-0.2, 0) is 0 Å². The van der Waals surface area contributed by atoms with Gasteiger partial charge in [-0.2, -0.15) is 0 Å². The lowest BCUT2D eigenvalue weighted by atomic mass is 9.44. The van der Waals surface area contributed by atoms with Crippen LogP contribution in [0.5, 0.6) is 0 Å². The molecule has 0 bridgehead atoms. The largest absolute Gasteiger partial charge is 0.516 e. The van der Waals surface area contributed by atoms with Crippen LogP contribution >= 0.6 is 0 Å². The van der Waals surface area contributed by atoms with E-state index in [2.05, 4.69) is 20.8 Å². The third-order valence-electron chi connectivity index (χ3n) is 9.96. The molecule has 1 heteroatoms. The fourth-order valence-electron chi connectivity index (χ4n) is 8.71. The normalized spacial score (nSPS) is 50.9. The first-order valence-electron chi connectivity index (χ1n) is 11.3. The van der Waals surface area contributed by atoms with E-state index in [-0.39, 0.29) is 0 Å². The highest BCUT2D eigenvalue weighted by Gasteiger charge is 2.59. The third kappa shape index (κ3) is 2.71. The molecule has 0 heterocycles. The Balaban J connectivity index is 1.55. The van der Waals surface area contributed by atoms with E-state index in [1.807, 2.05) is 6.08 Å². The van der Waals surface area contributed by atoms with E-state index in [1.54, 1.807) is 0 Å². The summed E-state index contributed by atoms with van der Waals surface area (Å²) in [5.74, 6) is 5.65. The highest BCUT2D eigenvalue weighted by Crippen LogP contribution is 2.68. The van der Waals surface area contributed by atoms with Crippen LogP contribution in [-0.4, -0.2) is 5.11 Å². The van der Waals surface area contributed by atoms with Crippen molar-refractivity contribution >= 4 is 0 Å². The zero-order valence-corrected chi connectivity index (χ0v) is 16.8. The van der Waals surface area contributed by atoms with Gasteiger partial charge in [0.1, 0.15) is 0 Å². The van der Waals surface area contributed by atoms with Crippen LogP contribution in [0.1, 0.15) is 91.4 Å². The van der Waals surface area contributed by atoms with Crippen molar-refractivity contribution in [3.05, 3.63) is 12.3 Å². The molecule has 0 saturated heterocycles. The van der Waals surface area contributed by atoms with Crippen LogP contribution in [0.2, 0.25) is 0 Å². The molecule has 8 atom stereocenters. The van der Waals surface area contributed by atoms with E-state index in [9.17, 15) is 0 Å². The second-order valence-corrected chi connectivity index (χ2v) is 10.7. The number of aliphatic hydroxyl groups is 1. The van der Waals surface area contributed by atoms with Gasteiger partial charge in [-0.1, -0.05) is 33.6 Å². The van der Waals surface area contributed by atoms with Gasteiger partial charge in [-0.25, -0.2) is 0 Å². The van der Waals surface area contributed by atoms with Gasteiger partial charge >= 0.3 is 0 Å². The van der Waals surface area contributed by atoms with Crippen molar-refractivity contribution in [2.45, 2.75) is 91.4 Å². The Morgan fingerprint density at radius 2 is 1.72 bits per heavy atom. The minimum Gasteiger partial charge on any atom is -0.516 e. The van der Waals surface area contributed by atoms with Crippen LogP contribution in [0.25, 0.3) is 0 Å². The van der Waals surface area contributed by atoms with Crippen molar-refractivity contribution in [2.75, 3.05) is 0 Å². The summed E-state index contributed by atoms with van der Waals surface area (Å²) in [5, 5.41) is 9.07. The Labute approximate surface area is 155 Å². The fraction of sp³-hybridized carbons (Fsp3) is 0.917. The second-order valence-electron chi connectivity index (χ2n) is 10.7. The fourth-order valence-corrected chi connectivity index (χ4v) is 8.71. The highest BCUT2D eigenvalue weighted by molar-refractivity contribution is 5.09. The molecule has 1 unspecified atom stereocenters. The topological polar surface area (TPSA) is 20.2 Å². The molecule has 4 saturated carbocycles. The first kappa shape index (κ1) is 17.9. The Morgan fingerprint density at radius 3 is 2.52 bits per heavy atom. The van der Waals surface area contributed by atoms with Gasteiger partial charge in [0.2, 0.25) is 0 Å². The quantitative estimate of drug-likeness (QED) is 0.540. The van der Waals surface area contributed by atoms with Crippen LogP contribution in [0.4, 0.5) is 0 Å². The Morgan fingerprint density at radius 1 is 0.920 bits per heavy atom. The molecule has 0 aromatic carbocycles. The number of fused-ring (bicyclic) bond motifs is 5. The molecule has 4 aliphatic carbocycles. The van der Waals surface area contributed by atoms with Gasteiger partial charge in [0.05, 0.1) is 6.26 Å². The smallest absolute Gasteiger partial charge is 0.0751 e. The highest BCUT2D eigenvalue weighted by atomic mass is 16.2. The zero-order valence-electron chi connectivity index (χ0n) is 16.8. The monoisotopic (exact) mass is 344 g/mol. The molecule has 0 aliphatic heterocycles. The molecule has 142 valence electrons. The molecular formula is C24H40O. The maximum atomic E-state index is 9.07. The summed E-state index contributed by atoms with van der Waals surface area (Å²) in [6.07, 6.45) is 19.3. The number of hydrogen-bond acceptors (Lipinski definition) is 1. The molecule has 0 aromatic rings. The van der Waals surface area contributed by atoms with Gasteiger partial charge in [-0.15, -0.1) is 0 Å². The second kappa shape index (κ2) is 6.61. The Bertz CT molecular complexity index is 510. The van der Waals surface area contributed by atoms with Crippen LogP contribution in [0, 0.1) is 46.3 Å². The standard InChI is InChI=1S/C24H40O/c1-17(7-6-16-25)20-11-12-21-19-10-9-18-8-4-5-14-23(18,2)22(19)13-15-24(20,21)3/h6,16-22,25H,4-5,7-15H2,1-3H3/t17-,18?,19+,20-,21+,22+,23+,24-/m1/s1. The van der Waals surface area contributed by atoms with Gasteiger partial charge in [0.15, 0.2) is 0 Å². The molecule has 0 spiro atoms. The van der Waals surface area contributed by atoms with Crippen molar-refractivity contribution in [1.29, 1.82) is 0 Å². The zero-order chi connectivity index (χ0) is 17.7. The summed E-state index contributed by atoms with van der Waals surface area (Å²) in [4.78, 5) is 0. The molecule has 25 heavy (non-hydrogen) atoms. The SMILES string of the molecule is C[C@H](CC=CO)[C@H]1CC[C@H]2[C@@H]3CCC4CCCC[C@]4(C)[C@H]3CC[C@]12C. The Hall–Kier alpha value is -0.460. The molecule has 0 aromatic heterocycles. The number of aliphatic hydroxyl groups excluding tert-OH is 1. The average molecular weight is 345 g/mol. The van der Waals surface area contributed by atoms with Crippen molar-refractivity contribution < 1.29 is 5.11 Å². The van der Waals surface area contributed by atoms with Crippen LogP contribution in [0.15, 0.2) is 12.3 Å². The molecule has 4 aliphatic rings. The average Bonchev–Trinajstić information content (AvgIpc) is 2.96. The van der Waals surface area contributed by atoms with E-state index < -0.39 is 0 Å². The molecule has 4 fully saturated rings. The van der Waals surface area contributed by atoms with Gasteiger partial charge in [0.25, 0.3) is 0 Å². The maximum absolute atomic E-state index is 9.07. The number of allylic oxidation sites excluding steroid dienone is 1. The van der Waals surface area contributed by atoms with Crippen molar-refractivity contribution in [3.63, 3.8) is 0 Å². The molecule has 1 N–H and O–H groups in total. The Kier molecular flexibility index (Phi) is 4.74. The van der Waals surface area contributed by atoms with Crippen molar-refractivity contribution in [2.24, 2.45) is 46.3 Å². The third-order valence-corrected chi connectivity index (χ3v) is 9.96. The molecule has 1 nitrogen and oxygen atoms in total. The molecular weight excluding hydrogens is 304 g/mol. The van der Waals surface area contributed by atoms with E-state index in [4.69, 9.17) is 5.11 Å². The van der Waals surface area contributed by atoms with E-state index in [0.717, 1.165) is 41.9 Å². The molecule has 0 amide bonds. The van der Waals surface area contributed by atoms with Gasteiger partial charge in [-0.05, 0) is 110 Å². The first-order valence-corrected chi connectivity index (χ1v) is 11.3. The van der Waals surface area contributed by atoms with E-state index in [1.165, 1.54) is 70.5 Å². The van der Waals surface area contributed by atoms with Gasteiger partial charge in [-0.3, -0.25) is 0 Å². The predicted octanol–water partition coefficient (Wildman–Crippen LogP) is 7.13. The lowest BCUT2D eigenvalue weighted by molar-refractivity contribution is -0.114. The summed E-state index contributed by atoms with van der Waals surface area (Å²) >= 11 is 0. The van der Waals surface area contributed by atoms with Crippen LogP contribution in [0.3, 0.4) is 0 Å². The summed E-state index contributed by atoms with van der Waals surface area (Å²) in [7, 11) is 0. The van der Waals surface area contributed by atoms with Crippen LogP contribution < -0.4 is 0 Å². The van der Waals surface area contributed by atoms with E-state index >= 15 is 0 Å². The predicted molar refractivity (Wildman–Crippen MR) is 105 cm³/mol.